The molecule has 0 radical (unpaired) electrons. The van der Waals surface area contributed by atoms with Gasteiger partial charge in [0, 0.05) is 33.3 Å². The Bertz CT molecular complexity index is 422. The van der Waals surface area contributed by atoms with Crippen molar-refractivity contribution in [1.29, 1.82) is 0 Å². The number of likely N-dealkylation sites (N-methyl/N-ethyl adjacent to an activating group) is 1. The lowest BCUT2D eigenvalue weighted by molar-refractivity contribution is 0.206. The molecule has 1 unspecified atom stereocenters. The van der Waals surface area contributed by atoms with E-state index in [4.69, 9.17) is 4.74 Å². The smallest absolute Gasteiger partial charge is 0.268 e. The standard InChI is InChI=1S/C12H21N3O2S/c1-10(9-18)8-15-12(16)6-11(7-13-15)14(2)4-5-17-3/h6-7,10,18H,4-5,8-9H2,1-3H3. The van der Waals surface area contributed by atoms with E-state index in [9.17, 15) is 4.79 Å². The zero-order chi connectivity index (χ0) is 13.5. The molecule has 0 N–H and O–H groups in total. The van der Waals surface area contributed by atoms with E-state index in [0.29, 0.717) is 19.1 Å². The molecule has 0 saturated carbocycles. The lowest BCUT2D eigenvalue weighted by atomic mass is 10.2. The van der Waals surface area contributed by atoms with Crippen molar-refractivity contribution in [3.8, 4) is 0 Å². The highest BCUT2D eigenvalue weighted by Gasteiger charge is 2.07. The molecule has 1 rings (SSSR count). The highest BCUT2D eigenvalue weighted by molar-refractivity contribution is 7.80. The van der Waals surface area contributed by atoms with Crippen molar-refractivity contribution in [3.05, 3.63) is 22.6 Å². The van der Waals surface area contributed by atoms with Crippen LogP contribution in [0.15, 0.2) is 17.1 Å². The first-order chi connectivity index (χ1) is 8.58. The van der Waals surface area contributed by atoms with Crippen LogP contribution in [-0.4, -0.2) is 42.8 Å². The molecule has 18 heavy (non-hydrogen) atoms. The Hall–Kier alpha value is -1.01. The van der Waals surface area contributed by atoms with E-state index in [0.717, 1.165) is 18.0 Å². The summed E-state index contributed by atoms with van der Waals surface area (Å²) in [5, 5.41) is 4.18. The summed E-state index contributed by atoms with van der Waals surface area (Å²) in [5.41, 5.74) is 0.734. The van der Waals surface area contributed by atoms with Crippen molar-refractivity contribution in [1.82, 2.24) is 9.78 Å². The zero-order valence-corrected chi connectivity index (χ0v) is 12.1. The molecule has 6 heteroatoms. The Balaban J connectivity index is 2.75. The Morgan fingerprint density at radius 2 is 2.33 bits per heavy atom. The molecular weight excluding hydrogens is 250 g/mol. The highest BCUT2D eigenvalue weighted by Crippen LogP contribution is 2.07. The van der Waals surface area contributed by atoms with Crippen LogP contribution in [0.25, 0.3) is 0 Å². The van der Waals surface area contributed by atoms with E-state index in [-0.39, 0.29) is 5.56 Å². The molecule has 1 atom stereocenters. The lowest BCUT2D eigenvalue weighted by Crippen LogP contribution is -2.29. The summed E-state index contributed by atoms with van der Waals surface area (Å²) in [6.45, 7) is 4.00. The fraction of sp³-hybridized carbons (Fsp3) is 0.667. The van der Waals surface area contributed by atoms with Crippen molar-refractivity contribution in [3.63, 3.8) is 0 Å². The first-order valence-electron chi connectivity index (χ1n) is 5.96. The lowest BCUT2D eigenvalue weighted by Gasteiger charge is -2.18. The van der Waals surface area contributed by atoms with Crippen LogP contribution < -0.4 is 10.5 Å². The van der Waals surface area contributed by atoms with Crippen molar-refractivity contribution in [2.75, 3.05) is 38.0 Å². The average molecular weight is 271 g/mol. The van der Waals surface area contributed by atoms with E-state index in [1.54, 1.807) is 19.4 Å². The summed E-state index contributed by atoms with van der Waals surface area (Å²) >= 11 is 4.21. The van der Waals surface area contributed by atoms with Crippen molar-refractivity contribution in [2.24, 2.45) is 5.92 Å². The van der Waals surface area contributed by atoms with E-state index in [2.05, 4.69) is 17.7 Å². The number of aromatic nitrogens is 2. The molecule has 0 aromatic carbocycles. The first-order valence-corrected chi connectivity index (χ1v) is 6.59. The molecule has 5 nitrogen and oxygen atoms in total. The van der Waals surface area contributed by atoms with Gasteiger partial charge >= 0.3 is 0 Å². The van der Waals surface area contributed by atoms with Crippen LogP contribution in [0.5, 0.6) is 0 Å². The second-order valence-corrected chi connectivity index (χ2v) is 4.80. The maximum Gasteiger partial charge on any atom is 0.268 e. The molecule has 102 valence electrons. The van der Waals surface area contributed by atoms with Crippen LogP contribution in [-0.2, 0) is 11.3 Å². The summed E-state index contributed by atoms with van der Waals surface area (Å²) in [6, 6.07) is 1.61. The molecule has 0 bridgehead atoms. The average Bonchev–Trinajstić information content (AvgIpc) is 2.38. The third kappa shape index (κ3) is 4.34. The third-order valence-electron chi connectivity index (χ3n) is 2.72. The third-order valence-corrected chi connectivity index (χ3v) is 3.35. The molecule has 0 aliphatic heterocycles. The number of hydrogen-bond acceptors (Lipinski definition) is 5. The fourth-order valence-electron chi connectivity index (χ4n) is 1.48. The van der Waals surface area contributed by atoms with Crippen molar-refractivity contribution in [2.45, 2.75) is 13.5 Å². The van der Waals surface area contributed by atoms with E-state index in [1.165, 1.54) is 4.68 Å². The van der Waals surface area contributed by atoms with Crippen LogP contribution in [0.3, 0.4) is 0 Å². The predicted octanol–water partition coefficient (Wildman–Crippen LogP) is 0.892. The molecule has 1 heterocycles. The number of thiol groups is 1. The van der Waals surface area contributed by atoms with Crippen LogP contribution in [0.4, 0.5) is 5.69 Å². The predicted molar refractivity (Wildman–Crippen MR) is 76.7 cm³/mol. The van der Waals surface area contributed by atoms with Gasteiger partial charge in [0.25, 0.3) is 5.56 Å². The van der Waals surface area contributed by atoms with Gasteiger partial charge in [-0.05, 0) is 11.7 Å². The molecule has 0 aliphatic rings. The topological polar surface area (TPSA) is 47.4 Å². The largest absolute Gasteiger partial charge is 0.383 e. The molecule has 0 aliphatic carbocycles. The monoisotopic (exact) mass is 271 g/mol. The summed E-state index contributed by atoms with van der Waals surface area (Å²) in [4.78, 5) is 13.8. The Morgan fingerprint density at radius 1 is 1.61 bits per heavy atom. The number of methoxy groups -OCH3 is 1. The molecule has 1 aromatic heterocycles. The summed E-state index contributed by atoms with van der Waals surface area (Å²) in [6.07, 6.45) is 1.71. The SMILES string of the molecule is COCCN(C)c1cnn(CC(C)CS)c(=O)c1. The van der Waals surface area contributed by atoms with Crippen LogP contribution in [0.2, 0.25) is 0 Å². The van der Waals surface area contributed by atoms with Gasteiger partial charge in [-0.15, -0.1) is 0 Å². The minimum Gasteiger partial charge on any atom is -0.383 e. The molecule has 0 spiro atoms. The van der Waals surface area contributed by atoms with Gasteiger partial charge in [-0.3, -0.25) is 4.79 Å². The minimum absolute atomic E-state index is 0.0783. The molecule has 0 fully saturated rings. The van der Waals surface area contributed by atoms with Gasteiger partial charge < -0.3 is 9.64 Å². The Labute approximate surface area is 113 Å². The van der Waals surface area contributed by atoms with E-state index in [1.807, 2.05) is 18.9 Å². The second kappa shape index (κ2) is 7.43. The zero-order valence-electron chi connectivity index (χ0n) is 11.2. The van der Waals surface area contributed by atoms with E-state index < -0.39 is 0 Å². The highest BCUT2D eigenvalue weighted by atomic mass is 32.1. The minimum atomic E-state index is -0.0783. The van der Waals surface area contributed by atoms with Gasteiger partial charge in [0.05, 0.1) is 18.5 Å². The number of anilines is 1. The maximum absolute atomic E-state index is 11.9. The normalized spacial score (nSPS) is 12.4. The van der Waals surface area contributed by atoms with Crippen molar-refractivity contribution < 1.29 is 4.74 Å². The quantitative estimate of drug-likeness (QED) is 0.748. The van der Waals surface area contributed by atoms with Crippen LogP contribution >= 0.6 is 12.6 Å². The van der Waals surface area contributed by atoms with Crippen molar-refractivity contribution >= 4 is 18.3 Å². The maximum atomic E-state index is 11.9. The van der Waals surface area contributed by atoms with Crippen LogP contribution in [0, 0.1) is 5.92 Å². The van der Waals surface area contributed by atoms with Gasteiger partial charge in [0.2, 0.25) is 0 Å². The number of nitrogens with zero attached hydrogens (tertiary/aromatic N) is 3. The summed E-state index contributed by atoms with van der Waals surface area (Å²) in [7, 11) is 3.57. The van der Waals surface area contributed by atoms with Crippen LogP contribution in [0.1, 0.15) is 6.92 Å². The van der Waals surface area contributed by atoms with E-state index >= 15 is 0 Å². The number of ether oxygens (including phenoxy) is 1. The first kappa shape index (κ1) is 15.0. The number of hydrogen-bond donors (Lipinski definition) is 1. The van der Waals surface area contributed by atoms with Gasteiger partial charge in [-0.25, -0.2) is 4.68 Å². The second-order valence-electron chi connectivity index (χ2n) is 4.44. The molecular formula is C12H21N3O2S. The number of rotatable bonds is 7. The van der Waals surface area contributed by atoms with Gasteiger partial charge in [0.1, 0.15) is 0 Å². The Morgan fingerprint density at radius 3 is 2.89 bits per heavy atom. The summed E-state index contributed by atoms with van der Waals surface area (Å²) < 4.78 is 6.48. The molecule has 0 saturated heterocycles. The van der Waals surface area contributed by atoms with Gasteiger partial charge in [-0.1, -0.05) is 6.92 Å². The molecule has 1 aromatic rings. The Kier molecular flexibility index (Phi) is 6.21. The fourth-order valence-corrected chi connectivity index (χ4v) is 1.60. The molecule has 0 amide bonds. The summed E-state index contributed by atoms with van der Waals surface area (Å²) in [5.74, 6) is 1.07. The van der Waals surface area contributed by atoms with Gasteiger partial charge in [0.15, 0.2) is 0 Å². The van der Waals surface area contributed by atoms with Gasteiger partial charge in [-0.2, -0.15) is 17.7 Å².